The Hall–Kier alpha value is -2.70. The lowest BCUT2D eigenvalue weighted by Gasteiger charge is -2.30. The molecule has 0 radical (unpaired) electrons. The van der Waals surface area contributed by atoms with Gasteiger partial charge < -0.3 is 5.32 Å². The Morgan fingerprint density at radius 2 is 1.81 bits per heavy atom. The summed E-state index contributed by atoms with van der Waals surface area (Å²) in [4.78, 5) is 42.0. The molecular weight excluding hydrogens is 426 g/mol. The van der Waals surface area contributed by atoms with Crippen LogP contribution >= 0.6 is 11.6 Å². The molecule has 2 aromatic rings. The molecule has 7 heteroatoms. The second kappa shape index (κ2) is 7.71. The maximum Gasteiger partial charge on any atom is 0.250 e. The minimum absolute atomic E-state index is 0.186. The fraction of sp³-hybridized carbons (Fsp3) is 0.400. The fourth-order valence-corrected chi connectivity index (χ4v) is 5.82. The van der Waals surface area contributed by atoms with Crippen LogP contribution in [-0.2, 0) is 26.3 Å². The van der Waals surface area contributed by atoms with Gasteiger partial charge >= 0.3 is 0 Å². The summed E-state index contributed by atoms with van der Waals surface area (Å²) in [6.07, 6.45) is 1.28. The van der Waals surface area contributed by atoms with E-state index in [2.05, 4.69) is 24.5 Å². The van der Waals surface area contributed by atoms with Crippen molar-refractivity contribution < 1.29 is 14.4 Å². The summed E-state index contributed by atoms with van der Waals surface area (Å²) in [6, 6.07) is 14.7. The number of nitrogens with zero attached hydrogens (tertiary/aromatic N) is 1. The number of halogens is 1. The molecule has 0 aromatic heterocycles. The second-order valence-corrected chi connectivity index (χ2v) is 9.84. The first kappa shape index (κ1) is 21.2. The van der Waals surface area contributed by atoms with Gasteiger partial charge in [-0.2, -0.15) is 0 Å². The van der Waals surface area contributed by atoms with Gasteiger partial charge in [0.1, 0.15) is 5.54 Å². The minimum atomic E-state index is -1.28. The quantitative estimate of drug-likeness (QED) is 0.683. The number of fused-ring (bicyclic) bond motifs is 4. The highest BCUT2D eigenvalue weighted by Crippen LogP contribution is 2.54. The van der Waals surface area contributed by atoms with E-state index in [1.165, 1.54) is 4.90 Å². The van der Waals surface area contributed by atoms with Crippen LogP contribution in [0, 0.1) is 17.8 Å². The van der Waals surface area contributed by atoms with Gasteiger partial charge in [-0.1, -0.05) is 55.8 Å². The van der Waals surface area contributed by atoms with Gasteiger partial charge in [-0.25, -0.2) is 0 Å². The Kier molecular flexibility index (Phi) is 5.10. The number of rotatable bonds is 5. The molecule has 3 aliphatic rings. The smallest absolute Gasteiger partial charge is 0.250 e. The van der Waals surface area contributed by atoms with E-state index in [1.54, 1.807) is 18.2 Å². The summed E-state index contributed by atoms with van der Waals surface area (Å²) >= 11 is 6.28. The molecule has 3 aliphatic heterocycles. The first-order valence-electron chi connectivity index (χ1n) is 11.1. The molecule has 3 heterocycles. The summed E-state index contributed by atoms with van der Waals surface area (Å²) in [5, 5.41) is 6.85. The topological polar surface area (TPSA) is 78.5 Å². The number of likely N-dealkylation sites (tertiary alicyclic amines) is 1. The third-order valence-electron chi connectivity index (χ3n) is 6.96. The summed E-state index contributed by atoms with van der Waals surface area (Å²) in [5.41, 5.74) is 1.08. The third-order valence-corrected chi connectivity index (χ3v) is 7.20. The number of carbonyl (C=O) groups is 3. The molecule has 4 atom stereocenters. The number of imide groups is 1. The van der Waals surface area contributed by atoms with E-state index in [1.807, 2.05) is 30.3 Å². The maximum absolute atomic E-state index is 13.7. The van der Waals surface area contributed by atoms with Crippen molar-refractivity contribution in [2.24, 2.45) is 17.8 Å². The van der Waals surface area contributed by atoms with E-state index in [0.717, 1.165) is 5.56 Å². The zero-order valence-electron chi connectivity index (χ0n) is 18.1. The molecular formula is C25H26ClN3O3. The lowest BCUT2D eigenvalue weighted by molar-refractivity contribution is -0.142. The van der Waals surface area contributed by atoms with Gasteiger partial charge in [0.2, 0.25) is 17.7 Å². The molecule has 0 aliphatic carbocycles. The van der Waals surface area contributed by atoms with Crippen LogP contribution in [0.4, 0.5) is 5.69 Å². The molecule has 166 valence electrons. The SMILES string of the molecule is CC(C)C[C@@H]1N[C@]2(C(=O)Nc3ccc(Cl)cc32)[C@@H]2C(=O)N(CCc3ccccc3)C(=O)[C@H]12. The maximum atomic E-state index is 13.7. The van der Waals surface area contributed by atoms with Crippen LogP contribution in [0.5, 0.6) is 0 Å². The van der Waals surface area contributed by atoms with Crippen LogP contribution in [0.1, 0.15) is 31.4 Å². The van der Waals surface area contributed by atoms with E-state index >= 15 is 0 Å². The van der Waals surface area contributed by atoms with Crippen molar-refractivity contribution in [3.63, 3.8) is 0 Å². The van der Waals surface area contributed by atoms with Crippen LogP contribution < -0.4 is 10.6 Å². The second-order valence-electron chi connectivity index (χ2n) is 9.40. The predicted octanol–water partition coefficient (Wildman–Crippen LogP) is 3.35. The van der Waals surface area contributed by atoms with Gasteiger partial charge in [-0.05, 0) is 42.5 Å². The number of anilines is 1. The molecule has 5 rings (SSSR count). The van der Waals surface area contributed by atoms with Gasteiger partial charge in [0, 0.05) is 28.9 Å². The molecule has 3 amide bonds. The standard InChI is InChI=1S/C25H26ClN3O3/c1-14(2)12-19-20-21(23(31)29(22(20)30)11-10-15-6-4-3-5-7-15)25(28-19)17-13-16(26)8-9-18(17)27-24(25)32/h3-9,13-14,19-21,28H,10-12H2,1-2H3,(H,27,32)/t19-,20+,21-,25-/m0/s1. The lowest BCUT2D eigenvalue weighted by atomic mass is 9.76. The molecule has 32 heavy (non-hydrogen) atoms. The van der Waals surface area contributed by atoms with E-state index in [0.29, 0.717) is 41.6 Å². The number of hydrogen-bond donors (Lipinski definition) is 2. The van der Waals surface area contributed by atoms with Crippen molar-refractivity contribution in [1.29, 1.82) is 0 Å². The minimum Gasteiger partial charge on any atom is -0.324 e. The van der Waals surface area contributed by atoms with Crippen molar-refractivity contribution >= 4 is 35.0 Å². The van der Waals surface area contributed by atoms with Crippen molar-refractivity contribution in [3.8, 4) is 0 Å². The Balaban J connectivity index is 1.54. The van der Waals surface area contributed by atoms with Crippen LogP contribution in [-0.4, -0.2) is 35.2 Å². The normalized spacial score (nSPS) is 28.6. The van der Waals surface area contributed by atoms with Gasteiger partial charge in [0.05, 0.1) is 11.8 Å². The molecule has 0 bridgehead atoms. The summed E-state index contributed by atoms with van der Waals surface area (Å²) in [5.74, 6) is -1.81. The number of nitrogens with one attached hydrogen (secondary N) is 2. The summed E-state index contributed by atoms with van der Waals surface area (Å²) in [7, 11) is 0. The molecule has 2 N–H and O–H groups in total. The Labute approximate surface area is 192 Å². The highest BCUT2D eigenvalue weighted by atomic mass is 35.5. The Bertz CT molecular complexity index is 1100. The molecule has 2 fully saturated rings. The lowest BCUT2D eigenvalue weighted by Crippen LogP contribution is -2.53. The summed E-state index contributed by atoms with van der Waals surface area (Å²) < 4.78 is 0. The zero-order chi connectivity index (χ0) is 22.6. The summed E-state index contributed by atoms with van der Waals surface area (Å²) in [6.45, 7) is 4.47. The van der Waals surface area contributed by atoms with Gasteiger partial charge in [0.25, 0.3) is 0 Å². The first-order valence-corrected chi connectivity index (χ1v) is 11.5. The number of carbonyl (C=O) groups excluding carboxylic acids is 3. The molecule has 0 unspecified atom stereocenters. The third kappa shape index (κ3) is 3.08. The van der Waals surface area contributed by atoms with Crippen molar-refractivity contribution in [2.45, 2.75) is 38.3 Å². The Morgan fingerprint density at radius 3 is 2.53 bits per heavy atom. The fourth-order valence-electron chi connectivity index (χ4n) is 5.65. The zero-order valence-corrected chi connectivity index (χ0v) is 18.9. The number of amides is 3. The molecule has 2 saturated heterocycles. The molecule has 0 saturated carbocycles. The van der Waals surface area contributed by atoms with Crippen molar-refractivity contribution in [3.05, 3.63) is 64.7 Å². The largest absolute Gasteiger partial charge is 0.324 e. The highest BCUT2D eigenvalue weighted by Gasteiger charge is 2.70. The molecule has 2 aromatic carbocycles. The van der Waals surface area contributed by atoms with E-state index in [-0.39, 0.29) is 23.8 Å². The van der Waals surface area contributed by atoms with Crippen molar-refractivity contribution in [2.75, 3.05) is 11.9 Å². The predicted molar refractivity (Wildman–Crippen MR) is 122 cm³/mol. The molecule has 6 nitrogen and oxygen atoms in total. The van der Waals surface area contributed by atoms with Crippen LogP contribution in [0.25, 0.3) is 0 Å². The molecule has 1 spiro atoms. The van der Waals surface area contributed by atoms with E-state index in [9.17, 15) is 14.4 Å². The van der Waals surface area contributed by atoms with Crippen LogP contribution in [0.3, 0.4) is 0 Å². The monoisotopic (exact) mass is 451 g/mol. The van der Waals surface area contributed by atoms with Crippen molar-refractivity contribution in [1.82, 2.24) is 10.2 Å². The van der Waals surface area contributed by atoms with E-state index in [4.69, 9.17) is 11.6 Å². The van der Waals surface area contributed by atoms with Gasteiger partial charge in [-0.15, -0.1) is 0 Å². The number of hydrogen-bond acceptors (Lipinski definition) is 4. The number of benzene rings is 2. The Morgan fingerprint density at radius 1 is 1.06 bits per heavy atom. The van der Waals surface area contributed by atoms with Crippen LogP contribution in [0.2, 0.25) is 5.02 Å². The first-order chi connectivity index (χ1) is 15.3. The average molecular weight is 452 g/mol. The van der Waals surface area contributed by atoms with Gasteiger partial charge in [-0.3, -0.25) is 24.6 Å². The van der Waals surface area contributed by atoms with Crippen LogP contribution in [0.15, 0.2) is 48.5 Å². The van der Waals surface area contributed by atoms with E-state index < -0.39 is 17.4 Å². The highest BCUT2D eigenvalue weighted by molar-refractivity contribution is 6.31. The average Bonchev–Trinajstić information content (AvgIpc) is 3.32. The van der Waals surface area contributed by atoms with Gasteiger partial charge in [0.15, 0.2) is 0 Å².